The summed E-state index contributed by atoms with van der Waals surface area (Å²) in [6.45, 7) is 13.6. The molecule has 0 aliphatic heterocycles. The summed E-state index contributed by atoms with van der Waals surface area (Å²) in [5.41, 5.74) is 10.3. The fourth-order valence-corrected chi connectivity index (χ4v) is 5.96. The Bertz CT molecular complexity index is 1030. The van der Waals surface area contributed by atoms with Crippen molar-refractivity contribution in [1.29, 1.82) is 0 Å². The summed E-state index contributed by atoms with van der Waals surface area (Å²) < 4.78 is 0. The average molecular weight is 646 g/mol. The quantitative estimate of drug-likeness (QED) is 0.0617. The normalized spacial score (nSPS) is 12.0. The van der Waals surface area contributed by atoms with E-state index in [1.54, 1.807) is 0 Å². The Morgan fingerprint density at radius 1 is 0.432 bits per heavy atom. The third-order valence-electron chi connectivity index (χ3n) is 8.60. The van der Waals surface area contributed by atoms with Gasteiger partial charge >= 0.3 is 0 Å². The van der Waals surface area contributed by atoms with Crippen LogP contribution in [0.1, 0.15) is 173 Å². The molecule has 44 heavy (non-hydrogen) atoms. The van der Waals surface area contributed by atoms with Crippen LogP contribution in [0.2, 0.25) is 0 Å². The van der Waals surface area contributed by atoms with Crippen LogP contribution in [0.5, 0.6) is 0 Å². The van der Waals surface area contributed by atoms with Gasteiger partial charge in [0.2, 0.25) is 0 Å². The fourth-order valence-electron chi connectivity index (χ4n) is 5.96. The van der Waals surface area contributed by atoms with Gasteiger partial charge in [-0.05, 0) is 118 Å². The summed E-state index contributed by atoms with van der Waals surface area (Å²) in [4.78, 5) is 10.7. The van der Waals surface area contributed by atoms with Crippen LogP contribution in [0.4, 0.5) is 11.4 Å². The number of hydrogen-bond donors (Lipinski definition) is 0. The second-order valence-corrected chi connectivity index (χ2v) is 12.9. The van der Waals surface area contributed by atoms with E-state index in [0.29, 0.717) is 0 Å². The van der Waals surface area contributed by atoms with Crippen molar-refractivity contribution in [3.8, 4) is 0 Å². The van der Waals surface area contributed by atoms with Crippen molar-refractivity contribution in [1.82, 2.24) is 0 Å². The van der Waals surface area contributed by atoms with E-state index >= 15 is 0 Å². The standard InChI is InChI=1S/C41H66N2.Ni/c1-7-12-17-22-27-41(43-40-32-37(25-20-15-10-4)29-38(33-40)26-21-16-11-5)34(6)42-39-30-35(23-18-13-8-2)28-36(31-39)24-19-14-9-3;/h28-33H,7-27H2,1-6H3;. The van der Waals surface area contributed by atoms with Crippen LogP contribution in [0.25, 0.3) is 0 Å². The third-order valence-corrected chi connectivity index (χ3v) is 8.60. The summed E-state index contributed by atoms with van der Waals surface area (Å²) in [5.74, 6) is 0. The third kappa shape index (κ3) is 17.1. The van der Waals surface area contributed by atoms with Crippen LogP contribution in [0, 0.1) is 0 Å². The van der Waals surface area contributed by atoms with Crippen molar-refractivity contribution in [2.75, 3.05) is 0 Å². The van der Waals surface area contributed by atoms with Gasteiger partial charge in [-0.2, -0.15) is 0 Å². The molecule has 2 rings (SSSR count). The number of aliphatic imine (C=N–C) groups is 2. The Labute approximate surface area is 283 Å². The zero-order valence-electron chi connectivity index (χ0n) is 29.5. The molecule has 2 aromatic rings. The zero-order chi connectivity index (χ0) is 31.1. The van der Waals surface area contributed by atoms with E-state index in [-0.39, 0.29) is 16.5 Å². The predicted molar refractivity (Wildman–Crippen MR) is 194 cm³/mol. The van der Waals surface area contributed by atoms with Crippen LogP contribution in [-0.2, 0) is 42.2 Å². The van der Waals surface area contributed by atoms with E-state index in [2.05, 4.69) is 77.9 Å². The number of hydrogen-bond acceptors (Lipinski definition) is 2. The molecule has 0 aromatic heterocycles. The van der Waals surface area contributed by atoms with Gasteiger partial charge in [-0.15, -0.1) is 0 Å². The van der Waals surface area contributed by atoms with Crippen molar-refractivity contribution >= 4 is 22.8 Å². The van der Waals surface area contributed by atoms with Gasteiger partial charge in [0.25, 0.3) is 0 Å². The van der Waals surface area contributed by atoms with Gasteiger partial charge in [-0.1, -0.05) is 117 Å². The van der Waals surface area contributed by atoms with Gasteiger partial charge in [-0.25, -0.2) is 0 Å². The molecule has 0 saturated heterocycles. The first kappa shape index (κ1) is 40.3. The predicted octanol–water partition coefficient (Wildman–Crippen LogP) is 13.5. The molecule has 0 saturated carbocycles. The van der Waals surface area contributed by atoms with Crippen LogP contribution in [-0.4, -0.2) is 11.4 Å². The molecule has 0 N–H and O–H groups in total. The van der Waals surface area contributed by atoms with Crippen molar-refractivity contribution in [2.24, 2.45) is 9.98 Å². The molecule has 250 valence electrons. The molecule has 0 fully saturated rings. The second kappa shape index (κ2) is 25.5. The molecule has 2 nitrogen and oxygen atoms in total. The number of aryl methyl sites for hydroxylation is 4. The number of nitrogens with zero attached hydrogens (tertiary/aromatic N) is 2. The Morgan fingerprint density at radius 3 is 1.14 bits per heavy atom. The first-order chi connectivity index (χ1) is 21.0. The maximum absolute atomic E-state index is 5.38. The van der Waals surface area contributed by atoms with Gasteiger partial charge in [0.15, 0.2) is 0 Å². The van der Waals surface area contributed by atoms with Crippen LogP contribution in [0.3, 0.4) is 0 Å². The molecule has 3 heteroatoms. The molecule has 0 amide bonds. The molecule has 2 aromatic carbocycles. The Balaban J connectivity index is 0.00000968. The fraction of sp³-hybridized carbons (Fsp3) is 0.659. The van der Waals surface area contributed by atoms with E-state index in [1.165, 1.54) is 131 Å². The van der Waals surface area contributed by atoms with Crippen LogP contribution in [0.15, 0.2) is 46.4 Å². The summed E-state index contributed by atoms with van der Waals surface area (Å²) in [7, 11) is 0. The van der Waals surface area contributed by atoms with Gasteiger partial charge in [0.1, 0.15) is 0 Å². The molecular formula is C41H66N2Ni. The molecule has 0 aliphatic carbocycles. The van der Waals surface area contributed by atoms with Gasteiger partial charge < -0.3 is 0 Å². The summed E-state index contributed by atoms with van der Waals surface area (Å²) >= 11 is 0. The molecule has 0 unspecified atom stereocenters. The average Bonchev–Trinajstić information content (AvgIpc) is 2.99. The van der Waals surface area contributed by atoms with Gasteiger partial charge in [0.05, 0.1) is 22.8 Å². The maximum Gasteiger partial charge on any atom is 0.0639 e. The van der Waals surface area contributed by atoms with Crippen molar-refractivity contribution in [3.05, 3.63) is 58.7 Å². The summed E-state index contributed by atoms with van der Waals surface area (Å²) in [6.07, 6.45) is 25.9. The minimum absolute atomic E-state index is 0. The van der Waals surface area contributed by atoms with Crippen LogP contribution < -0.4 is 0 Å². The topological polar surface area (TPSA) is 24.7 Å². The van der Waals surface area contributed by atoms with Crippen molar-refractivity contribution in [2.45, 2.75) is 176 Å². The van der Waals surface area contributed by atoms with E-state index in [1.807, 2.05) is 0 Å². The van der Waals surface area contributed by atoms with Crippen molar-refractivity contribution in [3.63, 3.8) is 0 Å². The molecule has 0 bridgehead atoms. The summed E-state index contributed by atoms with van der Waals surface area (Å²) in [6, 6.07) is 14.3. The first-order valence-electron chi connectivity index (χ1n) is 18.4. The Kier molecular flexibility index (Phi) is 23.3. The van der Waals surface area contributed by atoms with Crippen LogP contribution >= 0.6 is 0 Å². The Morgan fingerprint density at radius 2 is 0.773 bits per heavy atom. The molecule has 0 atom stereocenters. The number of unbranched alkanes of at least 4 members (excludes halogenated alkanes) is 11. The minimum Gasteiger partial charge on any atom is -0.252 e. The minimum atomic E-state index is 0. The largest absolute Gasteiger partial charge is 0.252 e. The van der Waals surface area contributed by atoms with E-state index < -0.39 is 0 Å². The first-order valence-corrected chi connectivity index (χ1v) is 18.4. The zero-order valence-corrected chi connectivity index (χ0v) is 30.5. The van der Waals surface area contributed by atoms with Crippen molar-refractivity contribution < 1.29 is 16.5 Å². The molecule has 0 spiro atoms. The number of benzene rings is 2. The molecule has 0 aliphatic rings. The Hall–Kier alpha value is -1.73. The molecule has 0 heterocycles. The molecular weight excluding hydrogens is 579 g/mol. The smallest absolute Gasteiger partial charge is 0.0639 e. The molecule has 0 radical (unpaired) electrons. The number of rotatable bonds is 24. The monoisotopic (exact) mass is 644 g/mol. The SMILES string of the molecule is CCCCCCC(=Nc1cc(CCCCC)cc(CCCCC)c1)C(C)=Nc1cc(CCCCC)cc(CCCCC)c1.[Ni]. The van der Waals surface area contributed by atoms with E-state index in [4.69, 9.17) is 9.98 Å². The van der Waals surface area contributed by atoms with E-state index in [9.17, 15) is 0 Å². The van der Waals surface area contributed by atoms with Gasteiger partial charge in [-0.3, -0.25) is 9.98 Å². The summed E-state index contributed by atoms with van der Waals surface area (Å²) in [5, 5.41) is 0. The van der Waals surface area contributed by atoms with E-state index in [0.717, 1.165) is 49.2 Å². The second-order valence-electron chi connectivity index (χ2n) is 12.9. The van der Waals surface area contributed by atoms with Gasteiger partial charge in [0, 0.05) is 16.5 Å². The maximum atomic E-state index is 5.38.